The molecule has 16 heavy (non-hydrogen) atoms. The Morgan fingerprint density at radius 3 is 2.06 bits per heavy atom. The molecule has 0 aliphatic heterocycles. The Balaban J connectivity index is 4.26. The zero-order valence-electron chi connectivity index (χ0n) is 10.3. The van der Waals surface area contributed by atoms with Gasteiger partial charge in [-0.05, 0) is 31.1 Å². The monoisotopic (exact) mass is 270 g/mol. The molecule has 0 radical (unpaired) electrons. The van der Waals surface area contributed by atoms with Gasteiger partial charge in [-0.2, -0.15) is 0 Å². The smallest absolute Gasteiger partial charge is 0.323 e. The van der Waals surface area contributed by atoms with Crippen molar-refractivity contribution in [3.05, 3.63) is 0 Å². The molecule has 0 unspecified atom stereocenters. The van der Waals surface area contributed by atoms with Gasteiger partial charge in [0.1, 0.15) is 5.60 Å². The van der Waals surface area contributed by atoms with Crippen molar-refractivity contribution in [2.24, 2.45) is 0 Å². The highest BCUT2D eigenvalue weighted by Gasteiger charge is 2.30. The molecule has 0 amide bonds. The molecule has 4 nitrogen and oxygen atoms in total. The van der Waals surface area contributed by atoms with Crippen molar-refractivity contribution in [3.63, 3.8) is 0 Å². The zero-order valence-corrected chi connectivity index (χ0v) is 12.0. The lowest BCUT2D eigenvalue weighted by Crippen LogP contribution is -2.30. The fourth-order valence-electron chi connectivity index (χ4n) is 1.59. The van der Waals surface area contributed by atoms with E-state index in [-0.39, 0.29) is 0 Å². The summed E-state index contributed by atoms with van der Waals surface area (Å²) in [5.41, 5.74) is -0.440. The highest BCUT2D eigenvalue weighted by atomic mass is 32.5. The average Bonchev–Trinajstić information content (AvgIpc) is 2.23. The van der Waals surface area contributed by atoms with Gasteiger partial charge in [-0.25, -0.2) is 4.89 Å². The van der Waals surface area contributed by atoms with Crippen LogP contribution in [0.5, 0.6) is 0 Å². The molecule has 0 rings (SSSR count). The predicted octanol–water partition coefficient (Wildman–Crippen LogP) is 3.28. The van der Waals surface area contributed by atoms with Crippen LogP contribution in [0.15, 0.2) is 0 Å². The van der Waals surface area contributed by atoms with Gasteiger partial charge in [-0.1, -0.05) is 40.0 Å². The third kappa shape index (κ3) is 6.94. The minimum absolute atomic E-state index is 0.440. The van der Waals surface area contributed by atoms with Crippen LogP contribution >= 0.6 is 6.72 Å². The molecule has 0 atom stereocenters. The molecule has 0 aromatic heterocycles. The van der Waals surface area contributed by atoms with E-state index in [1.54, 1.807) is 0 Å². The van der Waals surface area contributed by atoms with E-state index >= 15 is 0 Å². The van der Waals surface area contributed by atoms with Crippen molar-refractivity contribution in [3.8, 4) is 0 Å². The van der Waals surface area contributed by atoms with Crippen LogP contribution in [-0.4, -0.2) is 15.4 Å². The first-order chi connectivity index (χ1) is 7.39. The summed E-state index contributed by atoms with van der Waals surface area (Å²) in [5, 5.41) is 0. The third-order valence-electron chi connectivity index (χ3n) is 2.84. The van der Waals surface area contributed by atoms with Gasteiger partial charge >= 0.3 is 6.72 Å². The molecule has 0 saturated carbocycles. The lowest BCUT2D eigenvalue weighted by molar-refractivity contribution is -0.302. The summed E-state index contributed by atoms with van der Waals surface area (Å²) >= 11 is 4.36. The van der Waals surface area contributed by atoms with E-state index < -0.39 is 12.3 Å². The summed E-state index contributed by atoms with van der Waals surface area (Å²) < 4.78 is 4.54. The van der Waals surface area contributed by atoms with Crippen LogP contribution in [0.1, 0.15) is 59.3 Å². The number of hydrogen-bond donors (Lipinski definition) is 2. The molecule has 98 valence electrons. The van der Waals surface area contributed by atoms with Gasteiger partial charge in [-0.3, -0.25) is 0 Å². The maximum absolute atomic E-state index is 8.98. The third-order valence-corrected chi connectivity index (χ3v) is 3.29. The van der Waals surface area contributed by atoms with Gasteiger partial charge in [0, 0.05) is 0 Å². The SMILES string of the molecule is CCCCCC(CC)(CC)OOP(O)(O)=S. The molecule has 6 heteroatoms. The van der Waals surface area contributed by atoms with Crippen molar-refractivity contribution >= 4 is 18.5 Å². The van der Waals surface area contributed by atoms with Crippen molar-refractivity contribution in [1.29, 1.82) is 0 Å². The van der Waals surface area contributed by atoms with Gasteiger partial charge in [-0.15, -0.1) is 4.67 Å². The van der Waals surface area contributed by atoms with E-state index in [0.717, 1.165) is 38.5 Å². The summed E-state index contributed by atoms with van der Waals surface area (Å²) in [6, 6.07) is 0. The van der Waals surface area contributed by atoms with E-state index in [9.17, 15) is 0 Å². The number of hydrogen-bond acceptors (Lipinski definition) is 3. The van der Waals surface area contributed by atoms with E-state index in [0.29, 0.717) is 0 Å². The lowest BCUT2D eigenvalue weighted by Gasteiger charge is -2.30. The van der Waals surface area contributed by atoms with Gasteiger partial charge in [0.2, 0.25) is 0 Å². The van der Waals surface area contributed by atoms with Crippen LogP contribution < -0.4 is 0 Å². The minimum Gasteiger partial charge on any atom is -0.323 e. The number of rotatable bonds is 9. The summed E-state index contributed by atoms with van der Waals surface area (Å²) in [5.74, 6) is 0. The lowest BCUT2D eigenvalue weighted by atomic mass is 9.91. The Bertz CT molecular complexity index is 225. The molecule has 0 bridgehead atoms. The normalized spacial score (nSPS) is 13.1. The topological polar surface area (TPSA) is 58.9 Å². The molecule has 0 aromatic carbocycles. The molecular formula is C10H23O4PS. The zero-order chi connectivity index (χ0) is 12.7. The molecule has 0 saturated heterocycles. The summed E-state index contributed by atoms with van der Waals surface area (Å²) in [6.07, 6.45) is 5.70. The van der Waals surface area contributed by atoms with Crippen LogP contribution in [0.2, 0.25) is 0 Å². The van der Waals surface area contributed by atoms with Crippen LogP contribution in [0.4, 0.5) is 0 Å². The van der Waals surface area contributed by atoms with Crippen molar-refractivity contribution < 1.29 is 19.3 Å². The van der Waals surface area contributed by atoms with Crippen molar-refractivity contribution in [2.75, 3.05) is 0 Å². The molecular weight excluding hydrogens is 247 g/mol. The first kappa shape index (κ1) is 16.5. The Morgan fingerprint density at radius 2 is 1.69 bits per heavy atom. The van der Waals surface area contributed by atoms with Gasteiger partial charge in [0.25, 0.3) is 0 Å². The first-order valence-corrected chi connectivity index (χ1v) is 8.44. The van der Waals surface area contributed by atoms with Crippen LogP contribution in [-0.2, 0) is 21.4 Å². The van der Waals surface area contributed by atoms with E-state index in [4.69, 9.17) is 14.7 Å². The minimum atomic E-state index is -3.72. The van der Waals surface area contributed by atoms with Crippen molar-refractivity contribution in [2.45, 2.75) is 64.9 Å². The molecule has 0 fully saturated rings. The molecule has 0 heterocycles. The van der Waals surface area contributed by atoms with Gasteiger partial charge in [0.15, 0.2) is 0 Å². The highest BCUT2D eigenvalue weighted by molar-refractivity contribution is 8.06. The Morgan fingerprint density at radius 1 is 1.12 bits per heavy atom. The Kier molecular flexibility index (Phi) is 7.98. The van der Waals surface area contributed by atoms with Crippen LogP contribution in [0, 0.1) is 0 Å². The fraction of sp³-hybridized carbons (Fsp3) is 1.00. The summed E-state index contributed by atoms with van der Waals surface area (Å²) in [6.45, 7) is 2.41. The van der Waals surface area contributed by atoms with E-state index in [2.05, 4.69) is 23.4 Å². The van der Waals surface area contributed by atoms with E-state index in [1.165, 1.54) is 0 Å². The Labute approximate surface area is 103 Å². The van der Waals surface area contributed by atoms with Gasteiger partial charge in [0.05, 0.1) is 0 Å². The van der Waals surface area contributed by atoms with Crippen molar-refractivity contribution in [1.82, 2.24) is 0 Å². The molecule has 2 N–H and O–H groups in total. The second kappa shape index (κ2) is 7.75. The second-order valence-electron chi connectivity index (χ2n) is 4.00. The molecule has 0 aliphatic rings. The van der Waals surface area contributed by atoms with Crippen LogP contribution in [0.3, 0.4) is 0 Å². The Hall–Kier alpha value is 0.490. The highest BCUT2D eigenvalue weighted by Crippen LogP contribution is 2.40. The standard InChI is InChI=1S/C10H23O4PS/c1-4-7-8-9-10(5-2,6-3)13-14-15(11,12)16/h4-9H2,1-3H3,(H2,11,12,16). The fourth-order valence-corrected chi connectivity index (χ4v) is 1.93. The summed E-state index contributed by atoms with van der Waals surface area (Å²) in [4.78, 5) is 23.1. The predicted molar refractivity (Wildman–Crippen MR) is 68.3 cm³/mol. The molecule has 0 aromatic rings. The van der Waals surface area contributed by atoms with Gasteiger partial charge < -0.3 is 9.79 Å². The largest absolute Gasteiger partial charge is 0.350 e. The van der Waals surface area contributed by atoms with Crippen LogP contribution in [0.25, 0.3) is 0 Å². The quantitative estimate of drug-likeness (QED) is 0.291. The number of unbranched alkanes of at least 4 members (excludes halogenated alkanes) is 2. The summed E-state index contributed by atoms with van der Waals surface area (Å²) in [7, 11) is 0. The maximum Gasteiger partial charge on any atom is 0.350 e. The second-order valence-corrected chi connectivity index (χ2v) is 6.55. The molecule has 0 aliphatic carbocycles. The van der Waals surface area contributed by atoms with E-state index in [1.807, 2.05) is 13.8 Å². The first-order valence-electron chi connectivity index (χ1n) is 5.82. The average molecular weight is 270 g/mol. The maximum atomic E-state index is 8.98. The molecule has 0 spiro atoms.